The van der Waals surface area contributed by atoms with E-state index >= 15 is 0 Å². The highest BCUT2D eigenvalue weighted by molar-refractivity contribution is 6.00. The van der Waals surface area contributed by atoms with Crippen molar-refractivity contribution >= 4 is 11.6 Å². The van der Waals surface area contributed by atoms with E-state index in [1.165, 1.54) is 11.1 Å². The lowest BCUT2D eigenvalue weighted by atomic mass is 9.86. The van der Waals surface area contributed by atoms with Gasteiger partial charge in [-0.25, -0.2) is 5.43 Å². The van der Waals surface area contributed by atoms with E-state index in [9.17, 15) is 4.79 Å². The third-order valence-corrected chi connectivity index (χ3v) is 5.22. The third-order valence-electron chi connectivity index (χ3n) is 5.22. The molecule has 0 radical (unpaired) electrons. The summed E-state index contributed by atoms with van der Waals surface area (Å²) >= 11 is 0. The monoisotopic (exact) mass is 393 g/mol. The number of benzene rings is 2. The van der Waals surface area contributed by atoms with Crippen molar-refractivity contribution in [1.82, 2.24) is 10.3 Å². The molecular formula is C24H31N3O2. The number of nitrogens with zero attached hydrogens (tertiary/aromatic N) is 2. The summed E-state index contributed by atoms with van der Waals surface area (Å²) in [5, 5.41) is 4.27. The van der Waals surface area contributed by atoms with Gasteiger partial charge >= 0.3 is 0 Å². The molecule has 1 heterocycles. The fourth-order valence-corrected chi connectivity index (χ4v) is 3.25. The van der Waals surface area contributed by atoms with Gasteiger partial charge in [0, 0.05) is 25.2 Å². The van der Waals surface area contributed by atoms with Crippen LogP contribution in [-0.2, 0) is 16.7 Å². The van der Waals surface area contributed by atoms with Crippen LogP contribution in [0.4, 0.5) is 0 Å². The summed E-state index contributed by atoms with van der Waals surface area (Å²) in [6.45, 7) is 12.8. The molecular weight excluding hydrogens is 362 g/mol. The number of hydrogen-bond donors (Lipinski definition) is 1. The van der Waals surface area contributed by atoms with E-state index < -0.39 is 0 Å². The van der Waals surface area contributed by atoms with E-state index in [0.29, 0.717) is 5.56 Å². The minimum absolute atomic E-state index is 0.117. The summed E-state index contributed by atoms with van der Waals surface area (Å²) < 4.78 is 5.38. The Morgan fingerprint density at radius 3 is 2.17 bits per heavy atom. The maximum Gasteiger partial charge on any atom is 0.271 e. The molecule has 1 saturated heterocycles. The molecule has 2 aromatic rings. The van der Waals surface area contributed by atoms with Gasteiger partial charge in [-0.3, -0.25) is 9.69 Å². The van der Waals surface area contributed by atoms with Crippen molar-refractivity contribution in [3.63, 3.8) is 0 Å². The van der Waals surface area contributed by atoms with Gasteiger partial charge in [-0.05, 0) is 41.2 Å². The van der Waals surface area contributed by atoms with Crippen LogP contribution in [0.2, 0.25) is 0 Å². The highest BCUT2D eigenvalue weighted by Gasteiger charge is 2.14. The second kappa shape index (κ2) is 9.33. The first-order valence-corrected chi connectivity index (χ1v) is 10.2. The average Bonchev–Trinajstić information content (AvgIpc) is 2.72. The molecule has 0 aliphatic carbocycles. The molecule has 154 valence electrons. The molecule has 0 aromatic heterocycles. The number of nitrogens with one attached hydrogen (secondary N) is 1. The van der Waals surface area contributed by atoms with Gasteiger partial charge in [-0.15, -0.1) is 0 Å². The molecule has 3 rings (SSSR count). The summed E-state index contributed by atoms with van der Waals surface area (Å²) in [5.41, 5.74) is 7.64. The van der Waals surface area contributed by atoms with Gasteiger partial charge in [0.2, 0.25) is 0 Å². The molecule has 0 unspecified atom stereocenters. The maximum absolute atomic E-state index is 12.4. The van der Waals surface area contributed by atoms with Crippen LogP contribution in [0.1, 0.15) is 54.7 Å². The van der Waals surface area contributed by atoms with Gasteiger partial charge in [-0.2, -0.15) is 5.10 Å². The molecule has 0 spiro atoms. The van der Waals surface area contributed by atoms with Crippen molar-refractivity contribution in [3.05, 3.63) is 70.8 Å². The van der Waals surface area contributed by atoms with Gasteiger partial charge in [0.05, 0.1) is 18.9 Å². The van der Waals surface area contributed by atoms with E-state index in [2.05, 4.69) is 48.3 Å². The zero-order valence-electron chi connectivity index (χ0n) is 17.9. The number of amides is 1. The van der Waals surface area contributed by atoms with Crippen LogP contribution < -0.4 is 5.43 Å². The van der Waals surface area contributed by atoms with E-state index in [-0.39, 0.29) is 11.3 Å². The fourth-order valence-electron chi connectivity index (χ4n) is 3.25. The Balaban J connectivity index is 1.57. The van der Waals surface area contributed by atoms with Crippen LogP contribution >= 0.6 is 0 Å². The predicted molar refractivity (Wildman–Crippen MR) is 117 cm³/mol. The number of rotatable bonds is 5. The highest BCUT2D eigenvalue weighted by atomic mass is 16.5. The number of morpholine rings is 1. The third kappa shape index (κ3) is 5.99. The van der Waals surface area contributed by atoms with Crippen molar-refractivity contribution in [2.24, 2.45) is 5.10 Å². The van der Waals surface area contributed by atoms with Crippen molar-refractivity contribution < 1.29 is 9.53 Å². The van der Waals surface area contributed by atoms with Gasteiger partial charge in [0.1, 0.15) is 0 Å². The standard InChI is InChI=1S/C24H31N3O2/c1-18(20-9-11-22(12-10-20)24(2,3)4)25-26-23(28)21-7-5-19(6-8-21)17-27-13-15-29-16-14-27/h5-12H,13-17H2,1-4H3,(H,26,28). The molecule has 29 heavy (non-hydrogen) atoms. The van der Waals surface area contributed by atoms with Gasteiger partial charge in [0.15, 0.2) is 0 Å². The van der Waals surface area contributed by atoms with E-state index in [4.69, 9.17) is 4.74 Å². The van der Waals surface area contributed by atoms with Crippen molar-refractivity contribution in [2.75, 3.05) is 26.3 Å². The average molecular weight is 394 g/mol. The molecule has 1 aliphatic rings. The summed E-state index contributed by atoms with van der Waals surface area (Å²) in [7, 11) is 0. The van der Waals surface area contributed by atoms with E-state index in [0.717, 1.165) is 44.1 Å². The predicted octanol–water partition coefficient (Wildman–Crippen LogP) is 3.97. The largest absolute Gasteiger partial charge is 0.379 e. The molecule has 1 amide bonds. The molecule has 5 nitrogen and oxygen atoms in total. The second-order valence-corrected chi connectivity index (χ2v) is 8.55. The number of carbonyl (C=O) groups is 1. The topological polar surface area (TPSA) is 53.9 Å². The Morgan fingerprint density at radius 2 is 1.59 bits per heavy atom. The molecule has 1 fully saturated rings. The summed E-state index contributed by atoms with van der Waals surface area (Å²) in [6.07, 6.45) is 0. The maximum atomic E-state index is 12.4. The van der Waals surface area contributed by atoms with E-state index in [1.54, 1.807) is 0 Å². The Bertz CT molecular complexity index is 843. The first kappa shape index (κ1) is 21.2. The Hall–Kier alpha value is -2.50. The number of hydrazone groups is 1. The SMILES string of the molecule is CC(=NNC(=O)c1ccc(CN2CCOCC2)cc1)c1ccc(C(C)(C)C)cc1. The first-order chi connectivity index (χ1) is 13.8. The molecule has 0 atom stereocenters. The van der Waals surface area contributed by atoms with Crippen molar-refractivity contribution in [3.8, 4) is 0 Å². The van der Waals surface area contributed by atoms with Crippen LogP contribution in [0.25, 0.3) is 0 Å². The minimum Gasteiger partial charge on any atom is -0.379 e. The first-order valence-electron chi connectivity index (χ1n) is 10.2. The van der Waals surface area contributed by atoms with Crippen LogP contribution in [0.3, 0.4) is 0 Å². The molecule has 1 N–H and O–H groups in total. The summed E-state index contributed by atoms with van der Waals surface area (Å²) in [4.78, 5) is 14.8. The molecule has 0 saturated carbocycles. The summed E-state index contributed by atoms with van der Waals surface area (Å²) in [5.74, 6) is -0.200. The van der Waals surface area contributed by atoms with Crippen molar-refractivity contribution in [2.45, 2.75) is 39.7 Å². The second-order valence-electron chi connectivity index (χ2n) is 8.55. The van der Waals surface area contributed by atoms with Crippen LogP contribution in [0.15, 0.2) is 53.6 Å². The van der Waals surface area contributed by atoms with Crippen molar-refractivity contribution in [1.29, 1.82) is 0 Å². The Labute approximate surface area is 173 Å². The lowest BCUT2D eigenvalue weighted by Crippen LogP contribution is -2.35. The minimum atomic E-state index is -0.200. The zero-order valence-corrected chi connectivity index (χ0v) is 17.9. The number of carbonyl (C=O) groups excluding carboxylic acids is 1. The van der Waals surface area contributed by atoms with E-state index in [1.807, 2.05) is 43.3 Å². The Morgan fingerprint density at radius 1 is 1.00 bits per heavy atom. The molecule has 5 heteroatoms. The lowest BCUT2D eigenvalue weighted by Gasteiger charge is -2.26. The molecule has 2 aromatic carbocycles. The fraction of sp³-hybridized carbons (Fsp3) is 0.417. The number of ether oxygens (including phenoxy) is 1. The quantitative estimate of drug-likeness (QED) is 0.618. The number of hydrogen-bond acceptors (Lipinski definition) is 4. The summed E-state index contributed by atoms with van der Waals surface area (Å²) in [6, 6.07) is 16.0. The normalized spacial score (nSPS) is 15.9. The van der Waals surface area contributed by atoms with Crippen LogP contribution in [0.5, 0.6) is 0 Å². The van der Waals surface area contributed by atoms with Gasteiger partial charge in [0.25, 0.3) is 5.91 Å². The highest BCUT2D eigenvalue weighted by Crippen LogP contribution is 2.22. The molecule has 1 aliphatic heterocycles. The molecule has 0 bridgehead atoms. The van der Waals surface area contributed by atoms with Crippen LogP contribution in [0, 0.1) is 0 Å². The lowest BCUT2D eigenvalue weighted by molar-refractivity contribution is 0.0342. The Kier molecular flexibility index (Phi) is 6.83. The van der Waals surface area contributed by atoms with Crippen LogP contribution in [-0.4, -0.2) is 42.8 Å². The zero-order chi connectivity index (χ0) is 20.9. The van der Waals surface area contributed by atoms with Gasteiger partial charge in [-0.1, -0.05) is 57.2 Å². The smallest absolute Gasteiger partial charge is 0.271 e. The van der Waals surface area contributed by atoms with Gasteiger partial charge < -0.3 is 4.74 Å².